The van der Waals surface area contributed by atoms with E-state index in [1.54, 1.807) is 4.90 Å². The number of carbonyl (C=O) groups is 1. The van der Waals surface area contributed by atoms with Crippen molar-refractivity contribution in [2.75, 3.05) is 30.7 Å². The van der Waals surface area contributed by atoms with Crippen LogP contribution in [0.25, 0.3) is 0 Å². The summed E-state index contributed by atoms with van der Waals surface area (Å²) in [4.78, 5) is 18.2. The fraction of sp³-hybridized carbons (Fsp3) is 0.588. The molecule has 0 aromatic carbocycles. The van der Waals surface area contributed by atoms with E-state index in [4.69, 9.17) is 15.2 Å². The van der Waals surface area contributed by atoms with Gasteiger partial charge in [-0.15, -0.1) is 0 Å². The third-order valence-electron chi connectivity index (χ3n) is 4.42. The number of hydrogen-bond acceptors (Lipinski definition) is 7. The fourth-order valence-corrected chi connectivity index (χ4v) is 3.06. The zero-order chi connectivity index (χ0) is 18.2. The second kappa shape index (κ2) is 5.99. The van der Waals surface area contributed by atoms with Crippen LogP contribution in [0.5, 0.6) is 5.75 Å². The molecule has 134 valence electrons. The van der Waals surface area contributed by atoms with Crippen molar-refractivity contribution in [1.29, 1.82) is 5.26 Å². The van der Waals surface area contributed by atoms with Crippen LogP contribution in [0.4, 0.5) is 16.3 Å². The number of rotatable bonds is 0. The van der Waals surface area contributed by atoms with Crippen LogP contribution in [0.15, 0.2) is 6.20 Å². The van der Waals surface area contributed by atoms with Crippen molar-refractivity contribution in [2.24, 2.45) is 0 Å². The quantitative estimate of drug-likeness (QED) is 0.740. The summed E-state index contributed by atoms with van der Waals surface area (Å²) in [7, 11) is 0. The minimum absolute atomic E-state index is 0.294. The van der Waals surface area contributed by atoms with E-state index < -0.39 is 5.60 Å². The van der Waals surface area contributed by atoms with Crippen molar-refractivity contribution in [3.05, 3.63) is 11.8 Å². The van der Waals surface area contributed by atoms with Gasteiger partial charge in [0.05, 0.1) is 17.4 Å². The molecule has 1 aromatic rings. The Labute approximate surface area is 146 Å². The summed E-state index contributed by atoms with van der Waals surface area (Å²) in [6.45, 7) is 7.11. The lowest BCUT2D eigenvalue weighted by Gasteiger charge is -2.44. The summed E-state index contributed by atoms with van der Waals surface area (Å²) in [5.41, 5.74) is 5.58. The predicted molar refractivity (Wildman–Crippen MR) is 92.3 cm³/mol. The van der Waals surface area contributed by atoms with Crippen molar-refractivity contribution in [2.45, 2.75) is 44.8 Å². The Hall–Kier alpha value is -2.69. The smallest absolute Gasteiger partial charge is 0.410 e. The second-order valence-corrected chi connectivity index (χ2v) is 7.54. The Bertz CT molecular complexity index is 727. The van der Waals surface area contributed by atoms with Crippen LogP contribution in [-0.4, -0.2) is 46.8 Å². The van der Waals surface area contributed by atoms with Crippen molar-refractivity contribution >= 4 is 17.6 Å². The van der Waals surface area contributed by atoms with E-state index in [1.165, 1.54) is 6.20 Å². The number of pyridine rings is 1. The van der Waals surface area contributed by atoms with Crippen LogP contribution in [0.2, 0.25) is 0 Å². The van der Waals surface area contributed by atoms with Gasteiger partial charge in [-0.1, -0.05) is 0 Å². The predicted octanol–water partition coefficient (Wildman–Crippen LogP) is 2.11. The average Bonchev–Trinajstić information content (AvgIpc) is 2.54. The molecule has 2 aliphatic heterocycles. The van der Waals surface area contributed by atoms with Gasteiger partial charge in [0.1, 0.15) is 23.8 Å². The van der Waals surface area contributed by atoms with E-state index in [-0.39, 0.29) is 11.6 Å². The molecule has 3 N–H and O–H groups in total. The van der Waals surface area contributed by atoms with Crippen molar-refractivity contribution < 1.29 is 14.3 Å². The zero-order valence-corrected chi connectivity index (χ0v) is 14.8. The Morgan fingerprint density at radius 1 is 1.48 bits per heavy atom. The molecule has 0 atom stereocenters. The van der Waals surface area contributed by atoms with Crippen LogP contribution in [0, 0.1) is 11.3 Å². The number of ether oxygens (including phenoxy) is 2. The lowest BCUT2D eigenvalue weighted by atomic mass is 9.87. The maximum Gasteiger partial charge on any atom is 0.410 e. The van der Waals surface area contributed by atoms with Crippen LogP contribution in [-0.2, 0) is 4.74 Å². The van der Waals surface area contributed by atoms with Gasteiger partial charge in [-0.25, -0.2) is 9.78 Å². The third kappa shape index (κ3) is 3.40. The van der Waals surface area contributed by atoms with Crippen molar-refractivity contribution in [3.63, 3.8) is 0 Å². The van der Waals surface area contributed by atoms with Gasteiger partial charge in [0.2, 0.25) is 0 Å². The van der Waals surface area contributed by atoms with Gasteiger partial charge in [0.15, 0.2) is 11.6 Å². The van der Waals surface area contributed by atoms with E-state index in [1.807, 2.05) is 20.8 Å². The largest absolute Gasteiger partial charge is 0.486 e. The number of nitriles is 1. The van der Waals surface area contributed by atoms with Crippen LogP contribution < -0.4 is 15.8 Å². The number of hydrogen-bond donors (Lipinski definition) is 2. The molecule has 0 radical (unpaired) electrons. The number of nitrogen functional groups attached to an aromatic ring is 1. The van der Waals surface area contributed by atoms with Crippen LogP contribution in [0.1, 0.15) is 39.2 Å². The van der Waals surface area contributed by atoms with E-state index in [0.29, 0.717) is 55.4 Å². The Morgan fingerprint density at radius 2 is 2.16 bits per heavy atom. The zero-order valence-electron chi connectivity index (χ0n) is 14.8. The molecule has 0 unspecified atom stereocenters. The number of piperidine rings is 1. The molecule has 0 aliphatic carbocycles. The Balaban J connectivity index is 1.69. The molecule has 1 spiro atoms. The van der Waals surface area contributed by atoms with Gasteiger partial charge >= 0.3 is 6.09 Å². The molecule has 0 saturated carbocycles. The lowest BCUT2D eigenvalue weighted by molar-refractivity contribution is 0.0149. The SMILES string of the molecule is CC(C)(C)OC(=O)N1CCC2(CC1)COc1c(ncc(N)c1C#N)N2. The third-order valence-corrected chi connectivity index (χ3v) is 4.42. The van der Waals surface area contributed by atoms with E-state index >= 15 is 0 Å². The standard InChI is InChI=1S/C17H23N5O3/c1-16(2,3)25-15(23)22-6-4-17(5-7-22)10-24-13-11(8-18)12(19)9-20-14(13)21-17/h9H,4-7,10,19H2,1-3H3,(H,20,21). The van der Waals surface area contributed by atoms with Gasteiger partial charge in [0.25, 0.3) is 0 Å². The molecule has 3 heterocycles. The molecule has 2 aliphatic rings. The highest BCUT2D eigenvalue weighted by atomic mass is 16.6. The number of nitrogens with zero attached hydrogens (tertiary/aromatic N) is 3. The monoisotopic (exact) mass is 345 g/mol. The summed E-state index contributed by atoms with van der Waals surface area (Å²) < 4.78 is 11.3. The molecule has 1 saturated heterocycles. The van der Waals surface area contributed by atoms with E-state index in [0.717, 1.165) is 0 Å². The Kier molecular flexibility index (Phi) is 4.11. The van der Waals surface area contributed by atoms with Gasteiger partial charge in [-0.2, -0.15) is 5.26 Å². The highest BCUT2D eigenvalue weighted by molar-refractivity contribution is 5.70. The fourth-order valence-electron chi connectivity index (χ4n) is 3.06. The van der Waals surface area contributed by atoms with Crippen molar-refractivity contribution in [3.8, 4) is 11.8 Å². The van der Waals surface area contributed by atoms with Gasteiger partial charge < -0.3 is 25.4 Å². The molecule has 0 bridgehead atoms. The molecular formula is C17H23N5O3. The molecular weight excluding hydrogens is 322 g/mol. The summed E-state index contributed by atoms with van der Waals surface area (Å²) in [5, 5.41) is 12.6. The van der Waals surface area contributed by atoms with Gasteiger partial charge in [0, 0.05) is 13.1 Å². The highest BCUT2D eigenvalue weighted by Gasteiger charge is 2.41. The number of amides is 1. The number of nitrogens with two attached hydrogens (primary N) is 1. The minimum atomic E-state index is -0.505. The first-order chi connectivity index (χ1) is 11.7. The normalized spacial score (nSPS) is 18.6. The molecule has 1 aromatic heterocycles. The summed E-state index contributed by atoms with van der Waals surface area (Å²) in [5.74, 6) is 0.936. The first-order valence-electron chi connectivity index (χ1n) is 8.30. The number of anilines is 2. The van der Waals surface area contributed by atoms with Crippen LogP contribution in [0.3, 0.4) is 0 Å². The molecule has 8 heteroatoms. The number of likely N-dealkylation sites (tertiary alicyclic amines) is 1. The molecule has 25 heavy (non-hydrogen) atoms. The number of aromatic nitrogens is 1. The van der Waals surface area contributed by atoms with Crippen molar-refractivity contribution in [1.82, 2.24) is 9.88 Å². The number of carbonyl (C=O) groups excluding carboxylic acids is 1. The van der Waals surface area contributed by atoms with E-state index in [9.17, 15) is 10.1 Å². The number of fused-ring (bicyclic) bond motifs is 1. The summed E-state index contributed by atoms with van der Waals surface area (Å²) >= 11 is 0. The second-order valence-electron chi connectivity index (χ2n) is 7.54. The molecule has 3 rings (SSSR count). The summed E-state index contributed by atoms with van der Waals surface area (Å²) in [6, 6.07) is 2.06. The van der Waals surface area contributed by atoms with Gasteiger partial charge in [-0.05, 0) is 33.6 Å². The minimum Gasteiger partial charge on any atom is -0.486 e. The molecule has 1 amide bonds. The number of nitrogens with one attached hydrogen (secondary N) is 1. The van der Waals surface area contributed by atoms with Crippen LogP contribution >= 0.6 is 0 Å². The lowest BCUT2D eigenvalue weighted by Crippen LogP contribution is -2.56. The highest BCUT2D eigenvalue weighted by Crippen LogP contribution is 2.39. The molecule has 8 nitrogen and oxygen atoms in total. The first kappa shape index (κ1) is 17.1. The molecule has 1 fully saturated rings. The maximum absolute atomic E-state index is 12.2. The topological polar surface area (TPSA) is 114 Å². The first-order valence-corrected chi connectivity index (χ1v) is 8.30. The van der Waals surface area contributed by atoms with E-state index in [2.05, 4.69) is 16.4 Å². The summed E-state index contributed by atoms with van der Waals surface area (Å²) in [6.07, 6.45) is 2.58. The van der Waals surface area contributed by atoms with Gasteiger partial charge in [-0.3, -0.25) is 0 Å². The average molecular weight is 345 g/mol. The Morgan fingerprint density at radius 3 is 2.76 bits per heavy atom. The maximum atomic E-state index is 12.2.